The van der Waals surface area contributed by atoms with Crippen LogP contribution in [-0.4, -0.2) is 29.3 Å². The molecule has 0 aliphatic rings. The Hall–Kier alpha value is -3.09. The number of carboxylic acids is 1. The Morgan fingerprint density at radius 1 is 1.25 bits per heavy atom. The van der Waals surface area contributed by atoms with Crippen LogP contribution in [0.2, 0.25) is 0 Å². The molecule has 24 heavy (non-hydrogen) atoms. The van der Waals surface area contributed by atoms with Crippen LogP contribution in [-0.2, 0) is 9.53 Å². The third kappa shape index (κ3) is 3.62. The van der Waals surface area contributed by atoms with E-state index in [1.807, 2.05) is 0 Å². The van der Waals surface area contributed by atoms with E-state index in [1.54, 1.807) is 0 Å². The number of aryl methyl sites for hydroxylation is 1. The summed E-state index contributed by atoms with van der Waals surface area (Å²) >= 11 is 0. The maximum absolute atomic E-state index is 12.1. The van der Waals surface area contributed by atoms with E-state index in [2.05, 4.69) is 4.74 Å². The third-order valence-electron chi connectivity index (χ3n) is 3.60. The quantitative estimate of drug-likeness (QED) is 0.805. The maximum atomic E-state index is 12.1. The van der Waals surface area contributed by atoms with Gasteiger partial charge < -0.3 is 19.4 Å². The molecule has 0 spiro atoms. The Kier molecular flexibility index (Phi) is 5.03. The summed E-state index contributed by atoms with van der Waals surface area (Å²) in [5.74, 6) is -2.55. The Labute approximate surface area is 137 Å². The number of aromatic hydroxyl groups is 1. The van der Waals surface area contributed by atoms with Crippen molar-refractivity contribution in [3.05, 3.63) is 63.2 Å². The number of aromatic carboxylic acids is 1. The van der Waals surface area contributed by atoms with E-state index in [9.17, 15) is 19.5 Å². The van der Waals surface area contributed by atoms with E-state index >= 15 is 0 Å². The second kappa shape index (κ2) is 6.99. The van der Waals surface area contributed by atoms with Crippen molar-refractivity contribution < 1.29 is 29.0 Å². The molecule has 2 rings (SSSR count). The van der Waals surface area contributed by atoms with E-state index in [-0.39, 0.29) is 29.1 Å². The Bertz CT molecular complexity index is 818. The number of hydrogen-bond acceptors (Lipinski definition) is 6. The lowest BCUT2D eigenvalue weighted by Gasteiger charge is -2.17. The lowest BCUT2D eigenvalue weighted by Crippen LogP contribution is -2.18. The molecular weight excluding hydrogens is 316 g/mol. The first kappa shape index (κ1) is 17.3. The van der Waals surface area contributed by atoms with Crippen molar-refractivity contribution in [1.82, 2.24) is 0 Å². The number of carbonyl (C=O) groups excluding carboxylic acids is 1. The number of benzene rings is 1. The molecule has 126 valence electrons. The van der Waals surface area contributed by atoms with Gasteiger partial charge in [-0.3, -0.25) is 4.79 Å². The summed E-state index contributed by atoms with van der Waals surface area (Å²) in [5, 5.41) is 19.1. The van der Waals surface area contributed by atoms with Crippen molar-refractivity contribution in [3.63, 3.8) is 0 Å². The van der Waals surface area contributed by atoms with Crippen LogP contribution < -0.4 is 5.63 Å². The highest BCUT2D eigenvalue weighted by Gasteiger charge is 2.26. The molecule has 1 atom stereocenters. The molecule has 0 bridgehead atoms. The summed E-state index contributed by atoms with van der Waals surface area (Å²) in [6.45, 7) is 1.52. The number of carboxylic acid groups (broad SMARTS) is 1. The van der Waals surface area contributed by atoms with Crippen LogP contribution in [0.15, 0.2) is 39.5 Å². The van der Waals surface area contributed by atoms with Crippen molar-refractivity contribution in [2.24, 2.45) is 0 Å². The molecule has 0 aliphatic heterocycles. The first-order valence-electron chi connectivity index (χ1n) is 7.07. The number of methoxy groups -OCH3 is 1. The summed E-state index contributed by atoms with van der Waals surface area (Å²) in [6.07, 6.45) is -0.204. The predicted molar refractivity (Wildman–Crippen MR) is 83.3 cm³/mol. The van der Waals surface area contributed by atoms with Gasteiger partial charge in [-0.2, -0.15) is 0 Å². The lowest BCUT2D eigenvalue weighted by atomic mass is 9.88. The molecule has 0 amide bonds. The molecular formula is C17H16O7. The monoisotopic (exact) mass is 332 g/mol. The second-order valence-electron chi connectivity index (χ2n) is 5.20. The number of rotatable bonds is 5. The van der Waals surface area contributed by atoms with Gasteiger partial charge in [-0.15, -0.1) is 0 Å². The average molecular weight is 332 g/mol. The standard InChI is InChI=1S/C17H16O7/c1-9-7-13(18)15(17(22)24-9)12(8-14(19)23-2)10-3-5-11(6-4-10)16(20)21/h3-7,12,18H,8H2,1-2H3,(H,20,21). The minimum absolute atomic E-state index is 0.0655. The van der Waals surface area contributed by atoms with Crippen molar-refractivity contribution >= 4 is 11.9 Å². The van der Waals surface area contributed by atoms with Gasteiger partial charge in [0.15, 0.2) is 0 Å². The molecule has 0 aliphatic carbocycles. The van der Waals surface area contributed by atoms with Gasteiger partial charge in [-0.25, -0.2) is 9.59 Å². The van der Waals surface area contributed by atoms with Crippen LogP contribution in [0.4, 0.5) is 0 Å². The molecule has 1 unspecified atom stereocenters. The Morgan fingerprint density at radius 3 is 2.38 bits per heavy atom. The molecule has 2 N–H and O–H groups in total. The zero-order valence-corrected chi connectivity index (χ0v) is 13.1. The van der Waals surface area contributed by atoms with Gasteiger partial charge in [-0.05, 0) is 24.6 Å². The normalized spacial score (nSPS) is 11.8. The molecule has 1 heterocycles. The van der Waals surface area contributed by atoms with Gasteiger partial charge >= 0.3 is 17.6 Å². The molecule has 1 aromatic carbocycles. The maximum Gasteiger partial charge on any atom is 0.343 e. The summed E-state index contributed by atoms with van der Waals surface area (Å²) in [6, 6.07) is 6.96. The topological polar surface area (TPSA) is 114 Å². The van der Waals surface area contributed by atoms with E-state index in [4.69, 9.17) is 9.52 Å². The van der Waals surface area contributed by atoms with E-state index in [1.165, 1.54) is 44.4 Å². The van der Waals surface area contributed by atoms with Crippen LogP contribution >= 0.6 is 0 Å². The summed E-state index contributed by atoms with van der Waals surface area (Å²) in [7, 11) is 1.21. The van der Waals surface area contributed by atoms with E-state index in [0.717, 1.165) is 0 Å². The average Bonchev–Trinajstić information content (AvgIpc) is 2.52. The summed E-state index contributed by atoms with van der Waals surface area (Å²) < 4.78 is 9.65. The van der Waals surface area contributed by atoms with Crippen molar-refractivity contribution in [1.29, 1.82) is 0 Å². The van der Waals surface area contributed by atoms with E-state index in [0.29, 0.717) is 5.56 Å². The summed E-state index contributed by atoms with van der Waals surface area (Å²) in [5.41, 5.74) is -0.287. The van der Waals surface area contributed by atoms with Crippen LogP contribution in [0.5, 0.6) is 5.75 Å². The lowest BCUT2D eigenvalue weighted by molar-refractivity contribution is -0.140. The number of ether oxygens (including phenoxy) is 1. The van der Waals surface area contributed by atoms with Gasteiger partial charge in [0, 0.05) is 12.0 Å². The molecule has 0 saturated carbocycles. The third-order valence-corrected chi connectivity index (χ3v) is 3.60. The van der Waals surface area contributed by atoms with Crippen molar-refractivity contribution in [2.75, 3.05) is 7.11 Å². The molecule has 1 aromatic heterocycles. The van der Waals surface area contributed by atoms with Crippen LogP contribution in [0, 0.1) is 6.92 Å². The van der Waals surface area contributed by atoms with Gasteiger partial charge in [0.05, 0.1) is 24.7 Å². The molecule has 7 heteroatoms. The number of carbonyl (C=O) groups is 2. The Balaban J connectivity index is 2.55. The highest BCUT2D eigenvalue weighted by atomic mass is 16.5. The van der Waals surface area contributed by atoms with Crippen molar-refractivity contribution in [3.8, 4) is 5.75 Å². The van der Waals surface area contributed by atoms with Gasteiger partial charge in [0.1, 0.15) is 11.5 Å². The second-order valence-corrected chi connectivity index (χ2v) is 5.20. The fourth-order valence-electron chi connectivity index (χ4n) is 2.42. The highest BCUT2D eigenvalue weighted by molar-refractivity contribution is 5.87. The molecule has 0 saturated heterocycles. The largest absolute Gasteiger partial charge is 0.507 e. The minimum Gasteiger partial charge on any atom is -0.507 e. The number of esters is 1. The minimum atomic E-state index is -1.09. The fourth-order valence-corrected chi connectivity index (χ4v) is 2.42. The van der Waals surface area contributed by atoms with Crippen LogP contribution in [0.3, 0.4) is 0 Å². The molecule has 7 nitrogen and oxygen atoms in total. The zero-order chi connectivity index (χ0) is 17.9. The molecule has 0 fully saturated rings. The predicted octanol–water partition coefficient (Wildman–Crippen LogP) is 2.05. The Morgan fingerprint density at radius 2 is 1.88 bits per heavy atom. The number of hydrogen-bond donors (Lipinski definition) is 2. The first-order valence-corrected chi connectivity index (χ1v) is 7.07. The van der Waals surface area contributed by atoms with Crippen molar-refractivity contribution in [2.45, 2.75) is 19.3 Å². The molecule has 2 aromatic rings. The first-order chi connectivity index (χ1) is 11.3. The molecule has 0 radical (unpaired) electrons. The van der Waals surface area contributed by atoms with Gasteiger partial charge in [0.25, 0.3) is 0 Å². The fraction of sp³-hybridized carbons (Fsp3) is 0.235. The van der Waals surface area contributed by atoms with E-state index < -0.39 is 23.5 Å². The van der Waals surface area contributed by atoms with Gasteiger partial charge in [0.2, 0.25) is 0 Å². The smallest absolute Gasteiger partial charge is 0.343 e. The van der Waals surface area contributed by atoms with Crippen LogP contribution in [0.25, 0.3) is 0 Å². The SMILES string of the molecule is COC(=O)CC(c1ccc(C(=O)O)cc1)c1c(O)cc(C)oc1=O. The van der Waals surface area contributed by atoms with Crippen LogP contribution in [0.1, 0.15) is 39.6 Å². The van der Waals surface area contributed by atoms with Gasteiger partial charge in [-0.1, -0.05) is 12.1 Å². The highest BCUT2D eigenvalue weighted by Crippen LogP contribution is 2.32. The zero-order valence-electron chi connectivity index (χ0n) is 13.1. The summed E-state index contributed by atoms with van der Waals surface area (Å²) in [4.78, 5) is 34.8.